The maximum absolute atomic E-state index is 11.6. The van der Waals surface area contributed by atoms with Crippen molar-refractivity contribution in [3.05, 3.63) is 34.3 Å². The van der Waals surface area contributed by atoms with Crippen LogP contribution in [0.5, 0.6) is 0 Å². The molecule has 0 N–H and O–H groups in total. The molecule has 3 heteroatoms. The van der Waals surface area contributed by atoms with Crippen LogP contribution < -0.4 is 0 Å². The summed E-state index contributed by atoms with van der Waals surface area (Å²) in [7, 11) is 1.43. The van der Waals surface area contributed by atoms with Crippen molar-refractivity contribution in [3.63, 3.8) is 0 Å². The van der Waals surface area contributed by atoms with Crippen molar-refractivity contribution in [1.29, 1.82) is 0 Å². The minimum Gasteiger partial charge on any atom is -0.469 e. The SMILES string of the molecule is COC(=O)[C@@H](c1ccc(Br)cc1)C(C)C. The van der Waals surface area contributed by atoms with Gasteiger partial charge in [0.15, 0.2) is 0 Å². The van der Waals surface area contributed by atoms with Gasteiger partial charge in [0.1, 0.15) is 0 Å². The molecule has 0 bridgehead atoms. The van der Waals surface area contributed by atoms with Crippen LogP contribution in [0.2, 0.25) is 0 Å². The molecular formula is C12H15BrO2. The molecule has 1 atom stereocenters. The van der Waals surface area contributed by atoms with Crippen molar-refractivity contribution in [2.24, 2.45) is 5.92 Å². The van der Waals surface area contributed by atoms with Crippen LogP contribution in [0.15, 0.2) is 28.7 Å². The van der Waals surface area contributed by atoms with E-state index in [0.29, 0.717) is 0 Å². The molecule has 82 valence electrons. The third kappa shape index (κ3) is 3.06. The van der Waals surface area contributed by atoms with Gasteiger partial charge in [0.2, 0.25) is 0 Å². The molecule has 0 aliphatic heterocycles. The predicted octanol–water partition coefficient (Wildman–Crippen LogP) is 3.36. The largest absolute Gasteiger partial charge is 0.469 e. The second-order valence-corrected chi connectivity index (χ2v) is 4.71. The summed E-state index contributed by atoms with van der Waals surface area (Å²) < 4.78 is 5.82. The van der Waals surface area contributed by atoms with Crippen molar-refractivity contribution in [1.82, 2.24) is 0 Å². The number of carbonyl (C=O) groups excluding carboxylic acids is 1. The van der Waals surface area contributed by atoms with Crippen molar-refractivity contribution in [2.45, 2.75) is 19.8 Å². The maximum Gasteiger partial charge on any atom is 0.313 e. The molecule has 1 rings (SSSR count). The Morgan fingerprint density at radius 2 is 1.80 bits per heavy atom. The lowest BCUT2D eigenvalue weighted by Gasteiger charge is -2.18. The van der Waals surface area contributed by atoms with Crippen LogP contribution in [0.3, 0.4) is 0 Å². The molecule has 0 fully saturated rings. The van der Waals surface area contributed by atoms with Crippen LogP contribution >= 0.6 is 15.9 Å². The van der Waals surface area contributed by atoms with Gasteiger partial charge in [-0.25, -0.2) is 0 Å². The zero-order valence-corrected chi connectivity index (χ0v) is 10.7. The average Bonchev–Trinajstić information content (AvgIpc) is 2.20. The normalized spacial score (nSPS) is 12.6. The van der Waals surface area contributed by atoms with E-state index in [1.807, 2.05) is 38.1 Å². The van der Waals surface area contributed by atoms with Crippen LogP contribution in [0, 0.1) is 5.92 Å². The Labute approximate surface area is 98.8 Å². The lowest BCUT2D eigenvalue weighted by molar-refractivity contribution is -0.143. The highest BCUT2D eigenvalue weighted by Gasteiger charge is 2.24. The number of methoxy groups -OCH3 is 1. The van der Waals surface area contributed by atoms with Gasteiger partial charge >= 0.3 is 5.97 Å². The van der Waals surface area contributed by atoms with Crippen LogP contribution in [0.25, 0.3) is 0 Å². The average molecular weight is 271 g/mol. The highest BCUT2D eigenvalue weighted by Crippen LogP contribution is 2.26. The second-order valence-electron chi connectivity index (χ2n) is 3.80. The quantitative estimate of drug-likeness (QED) is 0.788. The first kappa shape index (κ1) is 12.2. The van der Waals surface area contributed by atoms with Crippen molar-refractivity contribution in [3.8, 4) is 0 Å². The topological polar surface area (TPSA) is 26.3 Å². The minimum atomic E-state index is -0.178. The predicted molar refractivity (Wildman–Crippen MR) is 63.7 cm³/mol. The van der Waals surface area contributed by atoms with Gasteiger partial charge in [-0.15, -0.1) is 0 Å². The van der Waals surface area contributed by atoms with Gasteiger partial charge < -0.3 is 4.74 Å². The fraction of sp³-hybridized carbons (Fsp3) is 0.417. The van der Waals surface area contributed by atoms with Crippen LogP contribution in [-0.4, -0.2) is 13.1 Å². The van der Waals surface area contributed by atoms with E-state index in [1.54, 1.807) is 0 Å². The third-order valence-electron chi connectivity index (χ3n) is 2.35. The fourth-order valence-electron chi connectivity index (χ4n) is 1.59. The number of hydrogen-bond donors (Lipinski definition) is 0. The molecule has 0 saturated carbocycles. The number of rotatable bonds is 3. The van der Waals surface area contributed by atoms with E-state index >= 15 is 0 Å². The van der Waals surface area contributed by atoms with E-state index in [-0.39, 0.29) is 17.8 Å². The number of halogens is 1. The lowest BCUT2D eigenvalue weighted by atomic mass is 9.89. The molecule has 0 aliphatic carbocycles. The van der Waals surface area contributed by atoms with Gasteiger partial charge in [0, 0.05) is 4.47 Å². The monoisotopic (exact) mass is 270 g/mol. The maximum atomic E-state index is 11.6. The Balaban J connectivity index is 2.99. The summed E-state index contributed by atoms with van der Waals surface area (Å²) in [6, 6.07) is 7.78. The summed E-state index contributed by atoms with van der Waals surface area (Å²) in [5, 5.41) is 0. The first-order chi connectivity index (χ1) is 7.06. The second kappa shape index (κ2) is 5.31. The van der Waals surface area contributed by atoms with Gasteiger partial charge in [0.25, 0.3) is 0 Å². The fourth-order valence-corrected chi connectivity index (χ4v) is 1.85. The van der Waals surface area contributed by atoms with E-state index in [1.165, 1.54) is 7.11 Å². The van der Waals surface area contributed by atoms with Gasteiger partial charge in [-0.05, 0) is 23.6 Å². The molecule has 0 saturated heterocycles. The van der Waals surface area contributed by atoms with E-state index < -0.39 is 0 Å². The number of carbonyl (C=O) groups is 1. The summed E-state index contributed by atoms with van der Waals surface area (Å²) in [4.78, 5) is 11.6. The van der Waals surface area contributed by atoms with Crippen molar-refractivity contribution >= 4 is 21.9 Å². The molecule has 0 heterocycles. The summed E-state index contributed by atoms with van der Waals surface area (Å²) >= 11 is 3.37. The summed E-state index contributed by atoms with van der Waals surface area (Å²) in [6.07, 6.45) is 0. The van der Waals surface area contributed by atoms with Crippen molar-refractivity contribution in [2.75, 3.05) is 7.11 Å². The van der Waals surface area contributed by atoms with Gasteiger partial charge in [-0.1, -0.05) is 41.9 Å². The molecule has 0 spiro atoms. The molecule has 0 aromatic heterocycles. The van der Waals surface area contributed by atoms with Gasteiger partial charge in [0.05, 0.1) is 13.0 Å². The number of hydrogen-bond acceptors (Lipinski definition) is 2. The summed E-state index contributed by atoms with van der Waals surface area (Å²) in [5.41, 5.74) is 1.00. The zero-order valence-electron chi connectivity index (χ0n) is 9.16. The molecule has 0 amide bonds. The van der Waals surface area contributed by atoms with Crippen LogP contribution in [-0.2, 0) is 9.53 Å². The van der Waals surface area contributed by atoms with E-state index in [0.717, 1.165) is 10.0 Å². The molecule has 15 heavy (non-hydrogen) atoms. The molecule has 0 radical (unpaired) electrons. The van der Waals surface area contributed by atoms with Gasteiger partial charge in [-0.2, -0.15) is 0 Å². The molecule has 1 aromatic rings. The molecule has 1 aromatic carbocycles. The third-order valence-corrected chi connectivity index (χ3v) is 2.88. The van der Waals surface area contributed by atoms with Gasteiger partial charge in [-0.3, -0.25) is 4.79 Å². The highest BCUT2D eigenvalue weighted by atomic mass is 79.9. The lowest BCUT2D eigenvalue weighted by Crippen LogP contribution is -2.19. The summed E-state index contributed by atoms with van der Waals surface area (Å²) in [5.74, 6) is -0.117. The number of esters is 1. The van der Waals surface area contributed by atoms with E-state index in [4.69, 9.17) is 4.74 Å². The number of ether oxygens (including phenoxy) is 1. The van der Waals surface area contributed by atoms with Crippen molar-refractivity contribution < 1.29 is 9.53 Å². The Morgan fingerprint density at radius 1 is 1.27 bits per heavy atom. The summed E-state index contributed by atoms with van der Waals surface area (Å²) in [6.45, 7) is 4.03. The number of benzene rings is 1. The van der Waals surface area contributed by atoms with Crippen LogP contribution in [0.1, 0.15) is 25.3 Å². The smallest absolute Gasteiger partial charge is 0.313 e. The Bertz CT molecular complexity index is 330. The Kier molecular flexibility index (Phi) is 4.33. The first-order valence-electron chi connectivity index (χ1n) is 4.89. The molecule has 0 aliphatic rings. The Morgan fingerprint density at radius 3 is 2.20 bits per heavy atom. The minimum absolute atomic E-state index is 0.174. The highest BCUT2D eigenvalue weighted by molar-refractivity contribution is 9.10. The Hall–Kier alpha value is -0.830. The molecule has 2 nitrogen and oxygen atoms in total. The molecule has 0 unspecified atom stereocenters. The first-order valence-corrected chi connectivity index (χ1v) is 5.69. The van der Waals surface area contributed by atoms with Crippen LogP contribution in [0.4, 0.5) is 0 Å². The van der Waals surface area contributed by atoms with E-state index in [2.05, 4.69) is 15.9 Å². The zero-order chi connectivity index (χ0) is 11.4. The van der Waals surface area contributed by atoms with E-state index in [9.17, 15) is 4.79 Å². The standard InChI is InChI=1S/C12H15BrO2/c1-8(2)11(12(14)15-3)9-4-6-10(13)7-5-9/h4-8,11H,1-3H3/t11-/m1/s1. The molecular weight excluding hydrogens is 256 g/mol.